The molecule has 0 atom stereocenters. The Labute approximate surface area is 146 Å². The van der Waals surface area contributed by atoms with E-state index >= 15 is 0 Å². The number of hydrogen-bond donors (Lipinski definition) is 1. The highest BCUT2D eigenvalue weighted by molar-refractivity contribution is 7.13. The topological polar surface area (TPSA) is 42.0 Å². The number of carbonyl (C=O) groups excluding carboxylic acids is 1. The van der Waals surface area contributed by atoms with Gasteiger partial charge in [0.2, 0.25) is 0 Å². The normalized spacial score (nSPS) is 10.6. The van der Waals surface area contributed by atoms with Crippen molar-refractivity contribution in [3.05, 3.63) is 75.8 Å². The maximum Gasteiger partial charge on any atom is 0.252 e. The van der Waals surface area contributed by atoms with Crippen LogP contribution in [0.3, 0.4) is 0 Å². The second-order valence-corrected chi connectivity index (χ2v) is 6.93. The summed E-state index contributed by atoms with van der Waals surface area (Å²) in [5.74, 6) is -0.0283. The zero-order valence-corrected chi connectivity index (χ0v) is 14.9. The number of pyridine rings is 1. The summed E-state index contributed by atoms with van der Waals surface area (Å²) >= 11 is 1.66. The first-order valence-corrected chi connectivity index (χ1v) is 8.77. The summed E-state index contributed by atoms with van der Waals surface area (Å²) in [5.41, 5.74) is 5.96. The van der Waals surface area contributed by atoms with Gasteiger partial charge in [-0.2, -0.15) is 0 Å². The number of aromatic nitrogens is 1. The van der Waals surface area contributed by atoms with E-state index in [0.717, 1.165) is 32.8 Å². The minimum Gasteiger partial charge on any atom is -0.348 e. The second kappa shape index (κ2) is 6.97. The molecule has 122 valence electrons. The smallest absolute Gasteiger partial charge is 0.252 e. The average molecular weight is 336 g/mol. The first-order valence-electron chi connectivity index (χ1n) is 7.89. The highest BCUT2D eigenvalue weighted by Crippen LogP contribution is 2.23. The van der Waals surface area contributed by atoms with Gasteiger partial charge in [-0.05, 0) is 61.0 Å². The van der Waals surface area contributed by atoms with Crippen LogP contribution in [0.5, 0.6) is 0 Å². The summed E-state index contributed by atoms with van der Waals surface area (Å²) in [6.07, 6.45) is 1.79. The van der Waals surface area contributed by atoms with Crippen molar-refractivity contribution >= 4 is 17.2 Å². The molecule has 4 heteroatoms. The van der Waals surface area contributed by atoms with E-state index in [9.17, 15) is 4.79 Å². The van der Waals surface area contributed by atoms with Crippen LogP contribution in [0.2, 0.25) is 0 Å². The summed E-state index contributed by atoms with van der Waals surface area (Å²) in [6.45, 7) is 6.50. The maximum atomic E-state index is 12.6. The Morgan fingerprint density at radius 2 is 1.88 bits per heavy atom. The predicted octanol–water partition coefficient (Wildman–Crippen LogP) is 4.67. The molecule has 0 spiro atoms. The Kier molecular flexibility index (Phi) is 4.76. The molecule has 0 aliphatic heterocycles. The number of carbonyl (C=O) groups is 1. The number of amides is 1. The molecule has 1 aromatic carbocycles. The van der Waals surface area contributed by atoms with Gasteiger partial charge in [0.05, 0.1) is 10.6 Å². The molecular formula is C20H20N2OS. The maximum absolute atomic E-state index is 12.6. The third-order valence-corrected chi connectivity index (χ3v) is 4.85. The standard InChI is InChI=1S/C20H20N2OS/c1-13-9-14(2)19(15(3)10-13)20(23)22-12-16-6-7-21-17(11-16)18-5-4-8-24-18/h4-11H,12H2,1-3H3,(H,22,23). The van der Waals surface area contributed by atoms with Crippen LogP contribution >= 0.6 is 11.3 Å². The van der Waals surface area contributed by atoms with Crippen LogP contribution in [-0.4, -0.2) is 10.9 Å². The van der Waals surface area contributed by atoms with E-state index in [1.54, 1.807) is 17.5 Å². The molecule has 3 rings (SSSR count). The number of thiophene rings is 1. The van der Waals surface area contributed by atoms with Crippen LogP contribution in [0.1, 0.15) is 32.6 Å². The number of nitrogens with one attached hydrogen (secondary N) is 1. The van der Waals surface area contributed by atoms with Crippen molar-refractivity contribution in [2.45, 2.75) is 27.3 Å². The number of aryl methyl sites for hydroxylation is 3. The van der Waals surface area contributed by atoms with Crippen molar-refractivity contribution in [2.24, 2.45) is 0 Å². The molecule has 24 heavy (non-hydrogen) atoms. The van der Waals surface area contributed by atoms with Crippen molar-refractivity contribution in [2.75, 3.05) is 0 Å². The number of nitrogens with zero attached hydrogens (tertiary/aromatic N) is 1. The van der Waals surface area contributed by atoms with Crippen LogP contribution < -0.4 is 5.32 Å². The van der Waals surface area contributed by atoms with Crippen LogP contribution in [0.4, 0.5) is 0 Å². The molecule has 0 aliphatic rings. The molecule has 0 bridgehead atoms. The molecule has 0 fully saturated rings. The van der Waals surface area contributed by atoms with E-state index in [0.29, 0.717) is 6.54 Å². The molecule has 0 saturated heterocycles. The second-order valence-electron chi connectivity index (χ2n) is 5.98. The third kappa shape index (κ3) is 3.54. The molecule has 1 amide bonds. The quantitative estimate of drug-likeness (QED) is 0.752. The van der Waals surface area contributed by atoms with Gasteiger partial charge in [0.25, 0.3) is 5.91 Å². The fraction of sp³-hybridized carbons (Fsp3) is 0.200. The van der Waals surface area contributed by atoms with Gasteiger partial charge in [0.15, 0.2) is 0 Å². The van der Waals surface area contributed by atoms with Gasteiger partial charge in [-0.15, -0.1) is 11.3 Å². The lowest BCUT2D eigenvalue weighted by Gasteiger charge is -2.12. The van der Waals surface area contributed by atoms with Crippen molar-refractivity contribution < 1.29 is 4.79 Å². The molecule has 1 N–H and O–H groups in total. The van der Waals surface area contributed by atoms with Gasteiger partial charge in [0.1, 0.15) is 0 Å². The van der Waals surface area contributed by atoms with Gasteiger partial charge in [-0.25, -0.2) is 0 Å². The summed E-state index contributed by atoms with van der Waals surface area (Å²) in [7, 11) is 0. The minimum atomic E-state index is -0.0283. The molecule has 2 aromatic heterocycles. The van der Waals surface area contributed by atoms with E-state index in [1.807, 2.05) is 62.5 Å². The lowest BCUT2D eigenvalue weighted by molar-refractivity contribution is 0.0949. The fourth-order valence-corrected chi connectivity index (χ4v) is 3.65. The Morgan fingerprint density at radius 1 is 1.12 bits per heavy atom. The van der Waals surface area contributed by atoms with E-state index in [2.05, 4.69) is 10.3 Å². The van der Waals surface area contributed by atoms with Gasteiger partial charge in [-0.1, -0.05) is 23.8 Å². The molecule has 0 unspecified atom stereocenters. The first-order chi connectivity index (χ1) is 11.5. The number of hydrogen-bond acceptors (Lipinski definition) is 3. The summed E-state index contributed by atoms with van der Waals surface area (Å²) in [5, 5.41) is 5.06. The van der Waals surface area contributed by atoms with Crippen molar-refractivity contribution in [1.29, 1.82) is 0 Å². The Hall–Kier alpha value is -2.46. The molecule has 3 nitrogen and oxygen atoms in total. The lowest BCUT2D eigenvalue weighted by Crippen LogP contribution is -2.24. The van der Waals surface area contributed by atoms with Crippen LogP contribution in [0.25, 0.3) is 10.6 Å². The molecule has 2 heterocycles. The van der Waals surface area contributed by atoms with Crippen molar-refractivity contribution in [3.63, 3.8) is 0 Å². The molecule has 0 radical (unpaired) electrons. The van der Waals surface area contributed by atoms with Crippen LogP contribution in [-0.2, 0) is 6.54 Å². The van der Waals surface area contributed by atoms with Gasteiger partial charge in [0, 0.05) is 18.3 Å². The van der Waals surface area contributed by atoms with Gasteiger partial charge >= 0.3 is 0 Å². The largest absolute Gasteiger partial charge is 0.348 e. The summed E-state index contributed by atoms with van der Waals surface area (Å²) in [4.78, 5) is 18.1. The zero-order chi connectivity index (χ0) is 17.1. The first kappa shape index (κ1) is 16.4. The molecule has 3 aromatic rings. The van der Waals surface area contributed by atoms with E-state index < -0.39 is 0 Å². The van der Waals surface area contributed by atoms with Gasteiger partial charge < -0.3 is 5.32 Å². The monoisotopic (exact) mass is 336 g/mol. The summed E-state index contributed by atoms with van der Waals surface area (Å²) < 4.78 is 0. The number of benzene rings is 1. The fourth-order valence-electron chi connectivity index (χ4n) is 2.95. The highest BCUT2D eigenvalue weighted by Gasteiger charge is 2.12. The molecule has 0 saturated carbocycles. The Bertz CT molecular complexity index is 846. The van der Waals surface area contributed by atoms with Gasteiger partial charge in [-0.3, -0.25) is 9.78 Å². The Balaban J connectivity index is 1.75. The molecular weight excluding hydrogens is 316 g/mol. The average Bonchev–Trinajstić information content (AvgIpc) is 3.07. The SMILES string of the molecule is Cc1cc(C)c(C(=O)NCc2ccnc(-c3cccs3)c2)c(C)c1. The highest BCUT2D eigenvalue weighted by atomic mass is 32.1. The lowest BCUT2D eigenvalue weighted by atomic mass is 9.99. The van der Waals surface area contributed by atoms with Crippen LogP contribution in [0.15, 0.2) is 48.0 Å². The predicted molar refractivity (Wildman–Crippen MR) is 99.4 cm³/mol. The zero-order valence-electron chi connectivity index (χ0n) is 14.1. The Morgan fingerprint density at radius 3 is 2.54 bits per heavy atom. The number of rotatable bonds is 4. The van der Waals surface area contributed by atoms with E-state index in [4.69, 9.17) is 0 Å². The molecule has 0 aliphatic carbocycles. The van der Waals surface area contributed by atoms with Crippen LogP contribution in [0, 0.1) is 20.8 Å². The van der Waals surface area contributed by atoms with E-state index in [-0.39, 0.29) is 5.91 Å². The summed E-state index contributed by atoms with van der Waals surface area (Å²) in [6, 6.07) is 12.1. The van der Waals surface area contributed by atoms with E-state index in [1.165, 1.54) is 5.56 Å². The minimum absolute atomic E-state index is 0.0283. The van der Waals surface area contributed by atoms with Crippen molar-refractivity contribution in [1.82, 2.24) is 10.3 Å². The third-order valence-electron chi connectivity index (χ3n) is 3.96. The van der Waals surface area contributed by atoms with Crippen molar-refractivity contribution in [3.8, 4) is 10.6 Å².